The zero-order chi connectivity index (χ0) is 60.5. The van der Waals surface area contributed by atoms with Crippen molar-refractivity contribution in [3.05, 3.63) is 361 Å². The molecular formula is C83H55N7Si. The van der Waals surface area contributed by atoms with Gasteiger partial charge < -0.3 is 4.57 Å². The van der Waals surface area contributed by atoms with Gasteiger partial charge in [0.1, 0.15) is 0 Å². The Labute approximate surface area is 527 Å². The van der Waals surface area contributed by atoms with Crippen LogP contribution in [0.1, 0.15) is 27.8 Å². The summed E-state index contributed by atoms with van der Waals surface area (Å²) in [6.07, 6.45) is 0. The van der Waals surface area contributed by atoms with E-state index in [1.54, 1.807) is 0 Å². The summed E-state index contributed by atoms with van der Waals surface area (Å²) in [6.45, 7) is 0. The average molecular weight is 1180 g/mol. The van der Waals surface area contributed by atoms with Gasteiger partial charge in [-0.25, -0.2) is 0 Å². The van der Waals surface area contributed by atoms with Gasteiger partial charge >= 0.3 is 0 Å². The van der Waals surface area contributed by atoms with E-state index in [0.717, 1.165) is 98.9 Å². The zero-order valence-electron chi connectivity index (χ0n) is 49.4. The molecule has 0 unspecified atom stereocenters. The number of rotatable bonds is 12. The van der Waals surface area contributed by atoms with Gasteiger partial charge in [-0.15, -0.1) is 0 Å². The van der Waals surface area contributed by atoms with Crippen molar-refractivity contribution >= 4 is 94.2 Å². The summed E-state index contributed by atoms with van der Waals surface area (Å²) < 4.78 is 6.87. The number of nitrogens with zero attached hydrogens (tertiary/aromatic N) is 7. The monoisotopic (exact) mass is 1180 g/mol. The van der Waals surface area contributed by atoms with Gasteiger partial charge in [0.05, 0.1) is 50.1 Å². The van der Waals surface area contributed by atoms with Gasteiger partial charge in [-0.3, -0.25) is 9.13 Å². The van der Waals surface area contributed by atoms with E-state index in [1.165, 1.54) is 20.7 Å². The SMILES string of the molecule is N#Cc1ccc2c(c1)c1ccccc1n2-c1nc(-c2cccc([Si](c3ccccc3)(c3ccccc3)c3ccccc3)c2)nc(-n2c3cc(C(c4ccccc4)(c4ccccc4)c4ccccc4)ccc3c3ccc4c(c5ccccc5n4-c4ccccc4)c32)n1. The van der Waals surface area contributed by atoms with Crippen LogP contribution in [0.4, 0.5) is 0 Å². The first-order valence-electron chi connectivity index (χ1n) is 30.8. The summed E-state index contributed by atoms with van der Waals surface area (Å²) in [7, 11) is -3.05. The Bertz CT molecular complexity index is 5450. The molecule has 17 aromatic rings. The molecule has 0 radical (unpaired) electrons. The standard InChI is InChI=1S/C83H55N7Si/c84-56-57-47-51-75-72(53-57)68-43-22-24-45-73(68)89(75)81-85-80(58-27-26-42-67(54-58)91(64-36-16-5-17-37-64,65-38-18-6-19-39-65)66-40-20-7-21-41-66)86-82(87-81)90-77-55-62(83(59-28-8-1-9-29-59,60-30-10-2-11-31-60)61-32-12-3-13-33-61)48-49-69(77)70-50-52-76-78(79(70)90)71-44-23-25-46-74(71)88(76)63-34-14-4-15-35-63/h1-55H. The van der Waals surface area contributed by atoms with Crippen molar-refractivity contribution in [2.24, 2.45) is 0 Å². The highest BCUT2D eigenvalue weighted by atomic mass is 28.3. The van der Waals surface area contributed by atoms with E-state index in [-0.39, 0.29) is 0 Å². The Morgan fingerprint density at radius 3 is 1.35 bits per heavy atom. The number of fused-ring (bicyclic) bond motifs is 10. The van der Waals surface area contributed by atoms with Crippen LogP contribution in [0.15, 0.2) is 334 Å². The Kier molecular flexibility index (Phi) is 12.7. The third kappa shape index (κ3) is 8.29. The molecule has 0 amide bonds. The van der Waals surface area contributed by atoms with Gasteiger partial charge in [0.15, 0.2) is 13.9 Å². The average Bonchev–Trinajstić information content (AvgIpc) is 1.74. The van der Waals surface area contributed by atoms with Gasteiger partial charge in [-0.05, 0) is 97.6 Å². The molecule has 0 atom stereocenters. The highest BCUT2D eigenvalue weighted by Gasteiger charge is 2.42. The third-order valence-corrected chi connectivity index (χ3v) is 23.4. The van der Waals surface area contributed by atoms with Crippen LogP contribution in [0.5, 0.6) is 0 Å². The molecule has 0 fully saturated rings. The summed E-state index contributed by atoms with van der Waals surface area (Å²) in [6, 6.07) is 123. The normalized spacial score (nSPS) is 11.9. The molecule has 7 nitrogen and oxygen atoms in total. The maximum Gasteiger partial charge on any atom is 0.240 e. The molecule has 0 aliphatic rings. The Hall–Kier alpha value is -12.0. The number of aromatic nitrogens is 6. The van der Waals surface area contributed by atoms with Gasteiger partial charge in [0.2, 0.25) is 11.9 Å². The summed E-state index contributed by atoms with van der Waals surface area (Å²) in [5.74, 6) is 1.40. The first kappa shape index (κ1) is 53.2. The third-order valence-electron chi connectivity index (χ3n) is 18.6. The highest BCUT2D eigenvalue weighted by Crippen LogP contribution is 2.48. The summed E-state index contributed by atoms with van der Waals surface area (Å²) in [5, 5.41) is 21.5. The Balaban J connectivity index is 1.04. The molecule has 91 heavy (non-hydrogen) atoms. The predicted molar refractivity (Wildman–Crippen MR) is 375 cm³/mol. The maximum atomic E-state index is 10.3. The maximum absolute atomic E-state index is 10.3. The van der Waals surface area contributed by atoms with Crippen LogP contribution in [-0.2, 0) is 5.41 Å². The first-order valence-corrected chi connectivity index (χ1v) is 32.8. The molecule has 0 aliphatic heterocycles. The summed E-state index contributed by atoms with van der Waals surface area (Å²) >= 11 is 0. The van der Waals surface area contributed by atoms with E-state index in [0.29, 0.717) is 23.3 Å². The summed E-state index contributed by atoms with van der Waals surface area (Å²) in [4.78, 5) is 17.5. The number of nitriles is 1. The molecule has 4 heterocycles. The van der Waals surface area contributed by atoms with Crippen molar-refractivity contribution < 1.29 is 0 Å². The topological polar surface area (TPSA) is 77.2 Å². The van der Waals surface area contributed by atoms with Gasteiger partial charge in [0.25, 0.3) is 0 Å². The van der Waals surface area contributed by atoms with Crippen molar-refractivity contribution in [1.82, 2.24) is 28.7 Å². The molecule has 0 bridgehead atoms. The van der Waals surface area contributed by atoms with Crippen LogP contribution >= 0.6 is 0 Å². The lowest BCUT2D eigenvalue weighted by molar-refractivity contribution is 0.746. The van der Waals surface area contributed by atoms with Crippen molar-refractivity contribution in [2.75, 3.05) is 0 Å². The zero-order valence-corrected chi connectivity index (χ0v) is 50.4. The largest absolute Gasteiger partial charge is 0.309 e. The second-order valence-electron chi connectivity index (χ2n) is 23.3. The number of hydrogen-bond acceptors (Lipinski definition) is 4. The molecule has 0 saturated carbocycles. The van der Waals surface area contributed by atoms with Crippen molar-refractivity contribution in [3.63, 3.8) is 0 Å². The fourth-order valence-electron chi connectivity index (χ4n) is 14.8. The lowest BCUT2D eigenvalue weighted by atomic mass is 9.65. The molecular weight excluding hydrogens is 1120 g/mol. The second kappa shape index (κ2) is 21.7. The minimum absolute atomic E-state index is 0.441. The number of hydrogen-bond donors (Lipinski definition) is 0. The van der Waals surface area contributed by atoms with E-state index >= 15 is 0 Å². The van der Waals surface area contributed by atoms with E-state index in [1.807, 2.05) is 18.2 Å². The number of para-hydroxylation sites is 3. The van der Waals surface area contributed by atoms with E-state index < -0.39 is 13.5 Å². The summed E-state index contributed by atoms with van der Waals surface area (Å²) in [5.41, 5.74) is 12.0. The van der Waals surface area contributed by atoms with Crippen LogP contribution in [0.25, 0.3) is 94.4 Å². The van der Waals surface area contributed by atoms with Crippen LogP contribution in [0, 0.1) is 11.3 Å². The molecule has 13 aromatic carbocycles. The predicted octanol–water partition coefficient (Wildman–Crippen LogP) is 16.5. The van der Waals surface area contributed by atoms with Crippen molar-refractivity contribution in [2.45, 2.75) is 5.41 Å². The minimum Gasteiger partial charge on any atom is -0.309 e. The molecule has 4 aromatic heterocycles. The lowest BCUT2D eigenvalue weighted by Crippen LogP contribution is -2.74. The van der Waals surface area contributed by atoms with Gasteiger partial charge in [-0.1, -0.05) is 279 Å². The van der Waals surface area contributed by atoms with Crippen LogP contribution in [0.3, 0.4) is 0 Å². The van der Waals surface area contributed by atoms with Gasteiger partial charge in [-0.2, -0.15) is 20.2 Å². The molecule has 426 valence electrons. The second-order valence-corrected chi connectivity index (χ2v) is 27.2. The van der Waals surface area contributed by atoms with Crippen LogP contribution in [-0.4, -0.2) is 36.7 Å². The van der Waals surface area contributed by atoms with E-state index in [4.69, 9.17) is 15.0 Å². The van der Waals surface area contributed by atoms with Crippen LogP contribution < -0.4 is 20.7 Å². The van der Waals surface area contributed by atoms with E-state index in [2.05, 4.69) is 335 Å². The Morgan fingerprint density at radius 2 is 0.769 bits per heavy atom. The quantitative estimate of drug-likeness (QED) is 0.0902. The minimum atomic E-state index is -3.05. The van der Waals surface area contributed by atoms with Crippen molar-refractivity contribution in [3.8, 4) is 35.0 Å². The molecule has 0 spiro atoms. The molecule has 0 aliphatic carbocycles. The lowest BCUT2D eigenvalue weighted by Gasteiger charge is -2.37. The molecule has 8 heteroatoms. The number of benzene rings is 13. The van der Waals surface area contributed by atoms with Crippen LogP contribution in [0.2, 0.25) is 0 Å². The Morgan fingerprint density at radius 1 is 0.308 bits per heavy atom. The molecule has 0 saturated heterocycles. The van der Waals surface area contributed by atoms with Gasteiger partial charge in [0, 0.05) is 43.6 Å². The highest BCUT2D eigenvalue weighted by molar-refractivity contribution is 7.19. The van der Waals surface area contributed by atoms with Crippen molar-refractivity contribution in [1.29, 1.82) is 5.26 Å². The molecule has 0 N–H and O–H groups in total. The molecule has 17 rings (SSSR count). The first-order chi connectivity index (χ1) is 45.1. The fraction of sp³-hybridized carbons (Fsp3) is 0.0120. The van der Waals surface area contributed by atoms with E-state index in [9.17, 15) is 5.26 Å². The fourth-order valence-corrected chi connectivity index (χ4v) is 19.6. The smallest absolute Gasteiger partial charge is 0.240 e.